The number of ether oxygens (including phenoxy) is 1. The highest BCUT2D eigenvalue weighted by molar-refractivity contribution is 5.43. The number of aliphatic hydroxyl groups is 1. The van der Waals surface area contributed by atoms with Gasteiger partial charge in [0.05, 0.1) is 19.3 Å². The average molecular weight is 197 g/mol. The summed E-state index contributed by atoms with van der Waals surface area (Å²) in [6.45, 7) is 1.42. The lowest BCUT2D eigenvalue weighted by Crippen LogP contribution is -2.36. The molecule has 0 unspecified atom stereocenters. The number of phenolic OH excluding ortho intramolecular Hbond substituents is 1. The first-order chi connectivity index (χ1) is 6.51. The third-order valence-corrected chi connectivity index (χ3v) is 2.15. The molecule has 1 atom stereocenters. The minimum absolute atomic E-state index is 0.0309. The summed E-state index contributed by atoms with van der Waals surface area (Å²) in [5.41, 5.74) is 5.35. The predicted octanol–water partition coefficient (Wildman–Crippen LogP) is 0.567. The molecule has 0 radical (unpaired) electrons. The van der Waals surface area contributed by atoms with E-state index in [0.29, 0.717) is 11.3 Å². The molecule has 4 nitrogen and oxygen atoms in total. The molecule has 0 saturated heterocycles. The topological polar surface area (TPSA) is 75.7 Å². The van der Waals surface area contributed by atoms with Gasteiger partial charge in [-0.3, -0.25) is 0 Å². The maximum atomic E-state index is 9.62. The smallest absolute Gasteiger partial charge is 0.124 e. The summed E-state index contributed by atoms with van der Waals surface area (Å²) in [6.07, 6.45) is 0. The Morgan fingerprint density at radius 2 is 2.14 bits per heavy atom. The highest BCUT2D eigenvalue weighted by Crippen LogP contribution is 2.30. The van der Waals surface area contributed by atoms with Crippen molar-refractivity contribution in [2.45, 2.75) is 12.5 Å². The van der Waals surface area contributed by atoms with E-state index in [1.807, 2.05) is 0 Å². The van der Waals surface area contributed by atoms with Gasteiger partial charge in [0.15, 0.2) is 0 Å². The molecule has 14 heavy (non-hydrogen) atoms. The lowest BCUT2D eigenvalue weighted by atomic mass is 9.93. The number of benzene rings is 1. The molecule has 0 aliphatic rings. The normalized spacial score (nSPS) is 14.9. The number of rotatable bonds is 3. The molecular formula is C10H15NO3. The fourth-order valence-corrected chi connectivity index (χ4v) is 1.21. The Kier molecular flexibility index (Phi) is 2.98. The first-order valence-corrected chi connectivity index (χ1v) is 4.28. The van der Waals surface area contributed by atoms with Crippen LogP contribution < -0.4 is 10.5 Å². The van der Waals surface area contributed by atoms with Crippen molar-refractivity contribution in [2.24, 2.45) is 5.73 Å². The zero-order valence-corrected chi connectivity index (χ0v) is 8.32. The van der Waals surface area contributed by atoms with Crippen molar-refractivity contribution in [3.8, 4) is 11.5 Å². The van der Waals surface area contributed by atoms with E-state index in [2.05, 4.69) is 0 Å². The molecule has 0 spiro atoms. The van der Waals surface area contributed by atoms with Gasteiger partial charge in [0.1, 0.15) is 11.5 Å². The molecule has 4 heteroatoms. The molecule has 78 valence electrons. The van der Waals surface area contributed by atoms with Gasteiger partial charge >= 0.3 is 0 Å². The maximum Gasteiger partial charge on any atom is 0.124 e. The zero-order valence-electron chi connectivity index (χ0n) is 8.32. The van der Waals surface area contributed by atoms with E-state index < -0.39 is 5.54 Å². The monoisotopic (exact) mass is 197 g/mol. The van der Waals surface area contributed by atoms with Gasteiger partial charge in [-0.15, -0.1) is 0 Å². The molecule has 0 aromatic heterocycles. The van der Waals surface area contributed by atoms with Crippen LogP contribution in [0.2, 0.25) is 0 Å². The number of aliphatic hydroxyl groups excluding tert-OH is 1. The van der Waals surface area contributed by atoms with Gasteiger partial charge in [-0.05, 0) is 19.1 Å². The summed E-state index contributed by atoms with van der Waals surface area (Å²) >= 11 is 0. The highest BCUT2D eigenvalue weighted by atomic mass is 16.5. The van der Waals surface area contributed by atoms with Gasteiger partial charge in [0.25, 0.3) is 0 Å². The lowest BCUT2D eigenvalue weighted by molar-refractivity contribution is 0.206. The van der Waals surface area contributed by atoms with Crippen LogP contribution in [0.5, 0.6) is 11.5 Å². The van der Waals surface area contributed by atoms with Gasteiger partial charge in [-0.1, -0.05) is 0 Å². The van der Waals surface area contributed by atoms with Crippen LogP contribution in [-0.4, -0.2) is 23.9 Å². The molecule has 0 bridgehead atoms. The Labute approximate surface area is 82.9 Å². The SMILES string of the molecule is COc1ccc([C@](C)(N)CO)c(O)c1. The van der Waals surface area contributed by atoms with Crippen LogP contribution in [0.3, 0.4) is 0 Å². The van der Waals surface area contributed by atoms with Crippen molar-refractivity contribution in [3.63, 3.8) is 0 Å². The van der Waals surface area contributed by atoms with Crippen molar-refractivity contribution in [2.75, 3.05) is 13.7 Å². The number of phenols is 1. The molecule has 1 aromatic rings. The minimum atomic E-state index is -0.934. The van der Waals surface area contributed by atoms with Gasteiger partial charge < -0.3 is 20.7 Å². The molecule has 0 amide bonds. The zero-order chi connectivity index (χ0) is 10.8. The van der Waals surface area contributed by atoms with E-state index in [9.17, 15) is 5.11 Å². The molecular weight excluding hydrogens is 182 g/mol. The van der Waals surface area contributed by atoms with Crippen molar-refractivity contribution in [1.29, 1.82) is 0 Å². The Hall–Kier alpha value is -1.26. The standard InChI is InChI=1S/C10H15NO3/c1-10(11,6-12)8-4-3-7(14-2)5-9(8)13/h3-5,12-13H,6,11H2,1-2H3/t10-/m1/s1. The van der Waals surface area contributed by atoms with Crippen molar-refractivity contribution >= 4 is 0 Å². The molecule has 4 N–H and O–H groups in total. The molecule has 0 heterocycles. The molecule has 0 aliphatic carbocycles. The molecule has 0 saturated carbocycles. The molecule has 0 fully saturated rings. The fourth-order valence-electron chi connectivity index (χ4n) is 1.21. The van der Waals surface area contributed by atoms with Crippen molar-refractivity contribution < 1.29 is 14.9 Å². The summed E-state index contributed by atoms with van der Waals surface area (Å²) in [5, 5.41) is 18.6. The van der Waals surface area contributed by atoms with Crippen LogP contribution in [0.15, 0.2) is 18.2 Å². The fraction of sp³-hybridized carbons (Fsp3) is 0.400. The van der Waals surface area contributed by atoms with Crippen LogP contribution in [-0.2, 0) is 5.54 Å². The number of methoxy groups -OCH3 is 1. The Balaban J connectivity index is 3.12. The largest absolute Gasteiger partial charge is 0.507 e. The first kappa shape index (κ1) is 10.8. The summed E-state index contributed by atoms with van der Waals surface area (Å²) in [5.74, 6) is 0.586. The number of nitrogens with two attached hydrogens (primary N) is 1. The van der Waals surface area contributed by atoms with Crippen LogP contribution in [0.4, 0.5) is 0 Å². The second kappa shape index (κ2) is 3.86. The molecule has 0 aliphatic heterocycles. The van der Waals surface area contributed by atoms with E-state index >= 15 is 0 Å². The number of hydrogen-bond donors (Lipinski definition) is 3. The Morgan fingerprint density at radius 3 is 2.57 bits per heavy atom. The van der Waals surface area contributed by atoms with Crippen LogP contribution in [0, 0.1) is 0 Å². The lowest BCUT2D eigenvalue weighted by Gasteiger charge is -2.23. The summed E-state index contributed by atoms with van der Waals surface area (Å²) in [7, 11) is 1.52. The molecule has 1 aromatic carbocycles. The quantitative estimate of drug-likeness (QED) is 0.662. The molecule has 1 rings (SSSR count). The van der Waals surface area contributed by atoms with E-state index in [-0.39, 0.29) is 12.4 Å². The van der Waals surface area contributed by atoms with E-state index in [0.717, 1.165) is 0 Å². The van der Waals surface area contributed by atoms with Gasteiger partial charge in [0, 0.05) is 11.6 Å². The van der Waals surface area contributed by atoms with Crippen molar-refractivity contribution in [3.05, 3.63) is 23.8 Å². The van der Waals surface area contributed by atoms with E-state index in [1.165, 1.54) is 13.2 Å². The van der Waals surface area contributed by atoms with Gasteiger partial charge in [0.2, 0.25) is 0 Å². The summed E-state index contributed by atoms with van der Waals surface area (Å²) in [6, 6.07) is 4.80. The second-order valence-electron chi connectivity index (χ2n) is 3.46. The predicted molar refractivity (Wildman–Crippen MR) is 53.3 cm³/mol. The summed E-state index contributed by atoms with van der Waals surface area (Å²) < 4.78 is 4.93. The van der Waals surface area contributed by atoms with Crippen LogP contribution in [0.1, 0.15) is 12.5 Å². The third-order valence-electron chi connectivity index (χ3n) is 2.15. The van der Waals surface area contributed by atoms with Crippen LogP contribution >= 0.6 is 0 Å². The van der Waals surface area contributed by atoms with Gasteiger partial charge in [-0.2, -0.15) is 0 Å². The van der Waals surface area contributed by atoms with Crippen LogP contribution in [0.25, 0.3) is 0 Å². The number of hydrogen-bond acceptors (Lipinski definition) is 4. The third kappa shape index (κ3) is 1.97. The van der Waals surface area contributed by atoms with E-state index in [4.69, 9.17) is 15.6 Å². The summed E-state index contributed by atoms with van der Waals surface area (Å²) in [4.78, 5) is 0. The highest BCUT2D eigenvalue weighted by Gasteiger charge is 2.23. The second-order valence-corrected chi connectivity index (χ2v) is 3.46. The average Bonchev–Trinajstić information content (AvgIpc) is 2.17. The Morgan fingerprint density at radius 1 is 1.50 bits per heavy atom. The number of aromatic hydroxyl groups is 1. The van der Waals surface area contributed by atoms with E-state index in [1.54, 1.807) is 19.1 Å². The van der Waals surface area contributed by atoms with Gasteiger partial charge in [-0.25, -0.2) is 0 Å². The first-order valence-electron chi connectivity index (χ1n) is 4.28. The van der Waals surface area contributed by atoms with Crippen molar-refractivity contribution in [1.82, 2.24) is 0 Å². The minimum Gasteiger partial charge on any atom is -0.507 e. The maximum absolute atomic E-state index is 9.62. The Bertz CT molecular complexity index is 323.